The number of hydrogen-bond donors (Lipinski definition) is 0. The summed E-state index contributed by atoms with van der Waals surface area (Å²) in [7, 11) is 0. The summed E-state index contributed by atoms with van der Waals surface area (Å²) in [5.41, 5.74) is -6.03. The van der Waals surface area contributed by atoms with E-state index in [0.29, 0.717) is 0 Å². The summed E-state index contributed by atoms with van der Waals surface area (Å²) in [6, 6.07) is 0. The zero-order chi connectivity index (χ0) is 19.4. The van der Waals surface area contributed by atoms with Crippen molar-refractivity contribution < 1.29 is 52.5 Å². The first-order valence-corrected chi connectivity index (χ1v) is 5.90. The fraction of sp³-hybridized carbons (Fsp3) is 0. The molecule has 0 nitrogen and oxygen atoms in total. The third-order valence-electron chi connectivity index (χ3n) is 3.21. The van der Waals surface area contributed by atoms with E-state index in [1.165, 1.54) is 0 Å². The van der Waals surface area contributed by atoms with Gasteiger partial charge in [0.2, 0.25) is 0 Å². The van der Waals surface area contributed by atoms with Crippen molar-refractivity contribution in [3.05, 3.63) is 58.2 Å². The van der Waals surface area contributed by atoms with Crippen LogP contribution in [0.25, 0.3) is 0 Å². The van der Waals surface area contributed by atoms with Crippen molar-refractivity contribution >= 4 is 17.6 Å². The average Bonchev–Trinajstić information content (AvgIpc) is 2.54. The molecule has 0 aliphatic heterocycles. The van der Waals surface area contributed by atoms with Crippen LogP contribution >= 0.6 is 0 Å². The van der Waals surface area contributed by atoms with Crippen molar-refractivity contribution in [3.8, 4) is 0 Å². The van der Waals surface area contributed by atoms with Gasteiger partial charge in [-0.15, -0.1) is 0 Å². The van der Waals surface area contributed by atoms with Gasteiger partial charge in [0.05, 0.1) is 0 Å². The maximum atomic E-state index is 14.1. The molecule has 0 bridgehead atoms. The standard InChI is InChI=1S/C12BF12/c14-3-1(4(15)8(19)11(22)7(3)18)13(24,25)2-5(16)9(20)12(23)10(21)6(2)17/q-1. The zero-order valence-electron chi connectivity index (χ0n) is 11.1. The summed E-state index contributed by atoms with van der Waals surface area (Å²) < 4.78 is 160. The molecule has 2 aromatic carbocycles. The molecule has 0 heterocycles. The zero-order valence-corrected chi connectivity index (χ0v) is 11.1. The molecular formula is C12BF12-. The topological polar surface area (TPSA) is 0 Å². The first kappa shape index (κ1) is 19.0. The van der Waals surface area contributed by atoms with Crippen LogP contribution in [0.3, 0.4) is 0 Å². The molecule has 25 heavy (non-hydrogen) atoms. The number of rotatable bonds is 2. The molecule has 0 radical (unpaired) electrons. The smallest absolute Gasteiger partial charge is 0.373 e. The molecule has 2 aromatic rings. The van der Waals surface area contributed by atoms with Gasteiger partial charge in [0.25, 0.3) is 0 Å². The second-order valence-corrected chi connectivity index (χ2v) is 4.63. The molecule has 2 rings (SSSR count). The lowest BCUT2D eigenvalue weighted by atomic mass is 9.52. The number of hydrogen-bond acceptors (Lipinski definition) is 0. The molecule has 0 atom stereocenters. The van der Waals surface area contributed by atoms with E-state index in [2.05, 4.69) is 0 Å². The predicted octanol–water partition coefficient (Wildman–Crippen LogP) is 3.57. The fourth-order valence-corrected chi connectivity index (χ4v) is 2.02. The van der Waals surface area contributed by atoms with E-state index < -0.39 is 75.8 Å². The van der Waals surface area contributed by atoms with Crippen LogP contribution in [0.4, 0.5) is 52.5 Å². The highest BCUT2D eigenvalue weighted by molar-refractivity contribution is 6.91. The summed E-state index contributed by atoms with van der Waals surface area (Å²) in [6.07, 6.45) is 0. The quantitative estimate of drug-likeness (QED) is 0.322. The first-order chi connectivity index (χ1) is 11.4. The Kier molecular flexibility index (Phi) is 4.47. The summed E-state index contributed by atoms with van der Waals surface area (Å²) in [5.74, 6) is -30.0. The fourth-order valence-electron chi connectivity index (χ4n) is 2.02. The van der Waals surface area contributed by atoms with Crippen molar-refractivity contribution in [1.29, 1.82) is 0 Å². The Morgan fingerprint density at radius 2 is 0.480 bits per heavy atom. The van der Waals surface area contributed by atoms with Gasteiger partial charge >= 0.3 is 6.70 Å². The summed E-state index contributed by atoms with van der Waals surface area (Å²) in [4.78, 5) is 0. The van der Waals surface area contributed by atoms with Crippen molar-refractivity contribution in [2.24, 2.45) is 0 Å². The van der Waals surface area contributed by atoms with Crippen LogP contribution in [0.15, 0.2) is 0 Å². The van der Waals surface area contributed by atoms with Crippen LogP contribution in [0.1, 0.15) is 0 Å². The molecule has 0 saturated heterocycles. The van der Waals surface area contributed by atoms with Crippen LogP contribution in [0.5, 0.6) is 0 Å². The normalized spacial score (nSPS) is 12.0. The number of benzene rings is 2. The van der Waals surface area contributed by atoms with Crippen molar-refractivity contribution in [2.75, 3.05) is 0 Å². The van der Waals surface area contributed by atoms with Gasteiger partial charge in [-0.05, 0) is 0 Å². The van der Waals surface area contributed by atoms with E-state index in [-0.39, 0.29) is 0 Å². The molecule has 0 aliphatic rings. The van der Waals surface area contributed by atoms with Gasteiger partial charge in [0, 0.05) is 0 Å². The van der Waals surface area contributed by atoms with E-state index in [4.69, 9.17) is 0 Å². The van der Waals surface area contributed by atoms with Gasteiger partial charge in [0.1, 0.15) is 23.3 Å². The number of halogens is 12. The Bertz CT molecular complexity index is 761. The summed E-state index contributed by atoms with van der Waals surface area (Å²) in [6.45, 7) is -6.61. The molecule has 136 valence electrons. The largest absolute Gasteiger partial charge is 0.469 e. The minimum Gasteiger partial charge on any atom is -0.469 e. The van der Waals surface area contributed by atoms with Gasteiger partial charge < -0.3 is 8.63 Å². The van der Waals surface area contributed by atoms with Crippen LogP contribution in [-0.2, 0) is 0 Å². The third kappa shape index (κ3) is 2.52. The van der Waals surface area contributed by atoms with Gasteiger partial charge in [-0.2, -0.15) is 0 Å². The molecule has 0 fully saturated rings. The monoisotopic (exact) mass is 383 g/mol. The second kappa shape index (κ2) is 5.88. The third-order valence-corrected chi connectivity index (χ3v) is 3.21. The van der Waals surface area contributed by atoms with E-state index in [1.54, 1.807) is 0 Å². The van der Waals surface area contributed by atoms with Gasteiger partial charge in [-0.3, -0.25) is 0 Å². The highest BCUT2D eigenvalue weighted by Gasteiger charge is 2.44. The van der Waals surface area contributed by atoms with Crippen molar-refractivity contribution in [3.63, 3.8) is 0 Å². The van der Waals surface area contributed by atoms with Gasteiger partial charge in [-0.25, -0.2) is 43.9 Å². The highest BCUT2D eigenvalue weighted by atomic mass is 19.2. The molecule has 13 heteroatoms. The van der Waals surface area contributed by atoms with Crippen LogP contribution in [-0.4, -0.2) is 6.70 Å². The lowest BCUT2D eigenvalue weighted by Gasteiger charge is -2.28. The molecule has 0 aromatic heterocycles. The van der Waals surface area contributed by atoms with Crippen molar-refractivity contribution in [1.82, 2.24) is 0 Å². The molecule has 0 aliphatic carbocycles. The van der Waals surface area contributed by atoms with Gasteiger partial charge in [0.15, 0.2) is 34.9 Å². The Morgan fingerprint density at radius 1 is 0.320 bits per heavy atom. The van der Waals surface area contributed by atoms with E-state index in [9.17, 15) is 52.5 Å². The minimum atomic E-state index is -6.61. The highest BCUT2D eigenvalue weighted by Crippen LogP contribution is 2.25. The molecule has 0 N–H and O–H groups in total. The molecule has 0 saturated carbocycles. The Hall–Kier alpha value is -2.34. The van der Waals surface area contributed by atoms with Gasteiger partial charge in [-0.1, -0.05) is 10.9 Å². The maximum Gasteiger partial charge on any atom is 0.373 e. The lowest BCUT2D eigenvalue weighted by Crippen LogP contribution is -2.58. The maximum absolute atomic E-state index is 14.1. The minimum absolute atomic E-state index is 2.86. The summed E-state index contributed by atoms with van der Waals surface area (Å²) in [5, 5.41) is 0. The Morgan fingerprint density at radius 3 is 0.680 bits per heavy atom. The molecule has 0 spiro atoms. The lowest BCUT2D eigenvalue weighted by molar-refractivity contribution is 0.377. The van der Waals surface area contributed by atoms with Crippen LogP contribution in [0, 0.1) is 58.2 Å². The first-order valence-electron chi connectivity index (χ1n) is 5.90. The molecular weight excluding hydrogens is 383 g/mol. The molecule has 0 amide bonds. The molecule has 0 unspecified atom stereocenters. The van der Waals surface area contributed by atoms with Crippen LogP contribution < -0.4 is 10.9 Å². The van der Waals surface area contributed by atoms with E-state index >= 15 is 0 Å². The SMILES string of the molecule is Fc1c(F)c(F)c([B-](F)(F)c2c(F)c(F)c(F)c(F)c2F)c(F)c1F. The Balaban J connectivity index is 2.96. The van der Waals surface area contributed by atoms with Crippen molar-refractivity contribution in [2.45, 2.75) is 0 Å². The van der Waals surface area contributed by atoms with E-state index in [1.807, 2.05) is 0 Å². The second-order valence-electron chi connectivity index (χ2n) is 4.63. The van der Waals surface area contributed by atoms with E-state index in [0.717, 1.165) is 0 Å². The predicted molar refractivity (Wildman–Crippen MR) is 59.7 cm³/mol. The Labute approximate surface area is 129 Å². The van der Waals surface area contributed by atoms with Crippen LogP contribution in [0.2, 0.25) is 0 Å². The summed E-state index contributed by atoms with van der Waals surface area (Å²) >= 11 is 0. The average molecular weight is 383 g/mol.